The van der Waals surface area contributed by atoms with Gasteiger partial charge in [0.2, 0.25) is 0 Å². The molecular formula is C30H33N3O7S. The number of ether oxygens (including phenoxy) is 1. The van der Waals surface area contributed by atoms with Crippen LogP contribution in [0.3, 0.4) is 0 Å². The molecule has 0 bridgehead atoms. The first-order chi connectivity index (χ1) is 19.4. The fraction of sp³-hybridized carbons (Fsp3) is 0.267. The van der Waals surface area contributed by atoms with Gasteiger partial charge in [0.25, 0.3) is 16.3 Å². The molecule has 1 heterocycles. The Bertz CT molecular complexity index is 1590. The quantitative estimate of drug-likeness (QED) is 0.114. The van der Waals surface area contributed by atoms with Crippen molar-refractivity contribution in [3.05, 3.63) is 102 Å². The van der Waals surface area contributed by atoms with Gasteiger partial charge in [-0.2, -0.15) is 0 Å². The minimum atomic E-state index is -4.90. The Hall–Kier alpha value is -4.19. The topological polar surface area (TPSA) is 138 Å². The average molecular weight is 580 g/mol. The first kappa shape index (κ1) is 29.8. The summed E-state index contributed by atoms with van der Waals surface area (Å²) in [5, 5.41) is 3.89. The van der Waals surface area contributed by atoms with Crippen LogP contribution in [-0.4, -0.2) is 67.5 Å². The Morgan fingerprint density at radius 1 is 0.902 bits per heavy atom. The Balaban J connectivity index is 1.53. The van der Waals surface area contributed by atoms with Crippen LogP contribution >= 0.6 is 0 Å². The van der Waals surface area contributed by atoms with Crippen molar-refractivity contribution in [2.75, 3.05) is 21.1 Å². The lowest BCUT2D eigenvalue weighted by Crippen LogP contribution is -2.58. The first-order valence-corrected chi connectivity index (χ1v) is 14.3. The van der Waals surface area contributed by atoms with Crippen LogP contribution < -0.4 is 9.50 Å². The van der Waals surface area contributed by atoms with Crippen molar-refractivity contribution in [1.82, 2.24) is 10.3 Å². The average Bonchev–Trinajstić information content (AvgIpc) is 3.32. The first-order valence-electron chi connectivity index (χ1n) is 13.0. The highest BCUT2D eigenvalue weighted by Gasteiger charge is 2.35. The summed E-state index contributed by atoms with van der Waals surface area (Å²) >= 11 is 0. The zero-order chi connectivity index (χ0) is 29.6. The highest BCUT2D eigenvalue weighted by Crippen LogP contribution is 2.21. The molecule has 216 valence electrons. The molecule has 41 heavy (non-hydrogen) atoms. The molecule has 1 amide bonds. The van der Waals surface area contributed by atoms with E-state index in [-0.39, 0.29) is 24.7 Å². The van der Waals surface area contributed by atoms with Gasteiger partial charge in [0.05, 0.1) is 21.1 Å². The summed E-state index contributed by atoms with van der Waals surface area (Å²) in [5.41, 5.74) is 3.32. The van der Waals surface area contributed by atoms with Crippen LogP contribution in [0.25, 0.3) is 10.9 Å². The van der Waals surface area contributed by atoms with Crippen molar-refractivity contribution in [2.45, 2.75) is 31.5 Å². The summed E-state index contributed by atoms with van der Waals surface area (Å²) in [6.07, 6.45) is 2.51. The molecule has 3 aromatic carbocycles. The molecule has 11 heteroatoms. The minimum Gasteiger partial charge on any atom is -0.716 e. The summed E-state index contributed by atoms with van der Waals surface area (Å²) < 4.78 is 42.7. The van der Waals surface area contributed by atoms with Crippen LogP contribution in [0.1, 0.15) is 16.7 Å². The normalized spacial score (nSPS) is 13.4. The van der Waals surface area contributed by atoms with Gasteiger partial charge < -0.3 is 28.3 Å². The van der Waals surface area contributed by atoms with Crippen molar-refractivity contribution < 1.29 is 36.0 Å². The second-order valence-electron chi connectivity index (χ2n) is 10.7. The minimum absolute atomic E-state index is 0.133. The van der Waals surface area contributed by atoms with Gasteiger partial charge in [-0.1, -0.05) is 60.7 Å². The van der Waals surface area contributed by atoms with Crippen molar-refractivity contribution in [3.8, 4) is 5.75 Å². The van der Waals surface area contributed by atoms with Gasteiger partial charge in [0.1, 0.15) is 18.4 Å². The van der Waals surface area contributed by atoms with Gasteiger partial charge in [0.15, 0.2) is 6.04 Å². The number of carbonyl (C=O) groups is 2. The van der Waals surface area contributed by atoms with Crippen LogP contribution in [0.4, 0.5) is 0 Å². The van der Waals surface area contributed by atoms with E-state index >= 15 is 0 Å². The van der Waals surface area contributed by atoms with Gasteiger partial charge in [0, 0.05) is 29.9 Å². The molecule has 2 N–H and O–H groups in total. The maximum Gasteiger partial charge on any atom is 0.329 e. The van der Waals surface area contributed by atoms with E-state index in [1.807, 2.05) is 81.9 Å². The Labute approximate surface area is 239 Å². The summed E-state index contributed by atoms with van der Waals surface area (Å²) in [6.45, 7) is -0.133. The van der Waals surface area contributed by atoms with Crippen LogP contribution in [0.15, 0.2) is 85.1 Å². The summed E-state index contributed by atoms with van der Waals surface area (Å²) in [5.74, 6) is -1.04. The third-order valence-corrected chi connectivity index (χ3v) is 7.11. The molecule has 0 spiro atoms. The standard InChI is InChI=1S/C30H33N3O7S/c1-33(2,3)28(17-21-9-5-4-6-10-21)29(34)32-27(18-23-19-31-26-12-8-7-11-25(23)26)30(35)39-20-22-13-15-24(16-14-22)40-41(36,37)38/h4-16,19,27-28,31H,17-18,20H2,1-3H3,(H-,32,34,36,37,38). The number of fused-ring (bicyclic) bond motifs is 1. The number of amides is 1. The van der Waals surface area contributed by atoms with E-state index in [1.54, 1.807) is 0 Å². The Morgan fingerprint density at radius 3 is 2.22 bits per heavy atom. The Kier molecular flexibility index (Phi) is 9.11. The number of esters is 1. The summed E-state index contributed by atoms with van der Waals surface area (Å²) in [7, 11) is 0.912. The molecule has 0 saturated carbocycles. The number of hydrogen-bond acceptors (Lipinski definition) is 7. The second-order valence-corrected chi connectivity index (χ2v) is 11.7. The van der Waals surface area contributed by atoms with Crippen molar-refractivity contribution in [2.24, 2.45) is 0 Å². The molecule has 2 atom stereocenters. The van der Waals surface area contributed by atoms with Gasteiger partial charge >= 0.3 is 5.97 Å². The second kappa shape index (κ2) is 12.5. The van der Waals surface area contributed by atoms with E-state index in [9.17, 15) is 22.6 Å². The van der Waals surface area contributed by atoms with Gasteiger partial charge in [-0.25, -0.2) is 13.2 Å². The number of likely N-dealkylation sites (N-methyl/N-ethyl adjacent to an activating group) is 1. The lowest BCUT2D eigenvalue weighted by Gasteiger charge is -2.34. The zero-order valence-electron chi connectivity index (χ0n) is 23.1. The fourth-order valence-corrected chi connectivity index (χ4v) is 4.90. The van der Waals surface area contributed by atoms with E-state index in [0.29, 0.717) is 16.5 Å². The predicted octanol–water partition coefficient (Wildman–Crippen LogP) is 3.10. The fourth-order valence-electron chi connectivity index (χ4n) is 4.55. The molecule has 0 aliphatic carbocycles. The Morgan fingerprint density at radius 2 is 1.56 bits per heavy atom. The van der Waals surface area contributed by atoms with Crippen LogP contribution in [0, 0.1) is 0 Å². The molecule has 0 saturated heterocycles. The number of hydrogen-bond donors (Lipinski definition) is 2. The van der Waals surface area contributed by atoms with E-state index in [1.165, 1.54) is 24.3 Å². The number of nitrogens with one attached hydrogen (secondary N) is 2. The molecule has 1 aromatic heterocycles. The van der Waals surface area contributed by atoms with Crippen LogP contribution in [0.2, 0.25) is 0 Å². The lowest BCUT2D eigenvalue weighted by molar-refractivity contribution is -0.886. The monoisotopic (exact) mass is 579 g/mol. The van der Waals surface area contributed by atoms with Crippen molar-refractivity contribution in [3.63, 3.8) is 0 Å². The molecule has 0 fully saturated rings. The number of aromatic nitrogens is 1. The van der Waals surface area contributed by atoms with E-state index < -0.39 is 28.5 Å². The maximum atomic E-state index is 13.7. The molecule has 2 unspecified atom stereocenters. The van der Waals surface area contributed by atoms with Crippen molar-refractivity contribution in [1.29, 1.82) is 0 Å². The van der Waals surface area contributed by atoms with E-state index in [0.717, 1.165) is 22.0 Å². The molecule has 0 aliphatic rings. The smallest absolute Gasteiger partial charge is 0.329 e. The third-order valence-electron chi connectivity index (χ3n) is 6.71. The van der Waals surface area contributed by atoms with Crippen LogP contribution in [0.5, 0.6) is 5.75 Å². The lowest BCUT2D eigenvalue weighted by atomic mass is 10.0. The molecule has 10 nitrogen and oxygen atoms in total. The number of quaternary nitrogens is 1. The highest BCUT2D eigenvalue weighted by atomic mass is 32.3. The van der Waals surface area contributed by atoms with Crippen molar-refractivity contribution >= 4 is 33.2 Å². The zero-order valence-corrected chi connectivity index (χ0v) is 23.9. The highest BCUT2D eigenvalue weighted by molar-refractivity contribution is 7.81. The van der Waals surface area contributed by atoms with Gasteiger partial charge in [-0.05, 0) is 34.9 Å². The molecule has 0 radical (unpaired) electrons. The number of nitrogens with zero attached hydrogens (tertiary/aromatic N) is 1. The van der Waals surface area contributed by atoms with Gasteiger partial charge in [-0.3, -0.25) is 4.79 Å². The molecule has 4 rings (SSSR count). The third kappa shape index (κ3) is 8.40. The number of benzene rings is 3. The van der Waals surface area contributed by atoms with Gasteiger partial charge in [-0.15, -0.1) is 0 Å². The molecule has 4 aromatic rings. The number of carbonyl (C=O) groups excluding carboxylic acids is 2. The molecular weight excluding hydrogens is 546 g/mol. The van der Waals surface area contributed by atoms with E-state index in [2.05, 4.69) is 14.5 Å². The SMILES string of the molecule is C[N+](C)(C)C(Cc1ccccc1)C(=O)NC(Cc1c[nH]c2ccccc12)C(=O)OCc1ccc(OS(=O)(=O)[O-])cc1. The molecule has 0 aliphatic heterocycles. The summed E-state index contributed by atoms with van der Waals surface area (Å²) in [6, 6.07) is 21.5. The summed E-state index contributed by atoms with van der Waals surface area (Å²) in [4.78, 5) is 30.3. The number of aromatic amines is 1. The number of H-pyrrole nitrogens is 1. The number of rotatable bonds is 12. The predicted molar refractivity (Wildman–Crippen MR) is 152 cm³/mol. The maximum absolute atomic E-state index is 13.7. The number of para-hydroxylation sites is 1. The van der Waals surface area contributed by atoms with Crippen LogP contribution in [-0.2, 0) is 44.2 Å². The van der Waals surface area contributed by atoms with E-state index in [4.69, 9.17) is 4.74 Å². The largest absolute Gasteiger partial charge is 0.716 e.